The highest BCUT2D eigenvalue weighted by Gasteiger charge is 1.93. The van der Waals surface area contributed by atoms with E-state index >= 15 is 0 Å². The molecule has 0 atom stereocenters. The highest BCUT2D eigenvalue weighted by molar-refractivity contribution is 9.08. The summed E-state index contributed by atoms with van der Waals surface area (Å²) in [5.74, 6) is 0.886. The fraction of sp³-hybridized carbons (Fsp3) is 0.333. The van der Waals surface area contributed by atoms with Crippen molar-refractivity contribution in [1.29, 1.82) is 0 Å². The number of hydrogen-bond donors (Lipinski definition) is 1. The quantitative estimate of drug-likeness (QED) is 0.802. The third-order valence-corrected chi connectivity index (χ3v) is 2.09. The van der Waals surface area contributed by atoms with Gasteiger partial charge in [0.2, 0.25) is 0 Å². The van der Waals surface area contributed by atoms with Crippen molar-refractivity contribution in [1.82, 2.24) is 0 Å². The summed E-state index contributed by atoms with van der Waals surface area (Å²) in [7, 11) is 0. The van der Waals surface area contributed by atoms with Gasteiger partial charge in [-0.15, -0.1) is 0 Å². The van der Waals surface area contributed by atoms with E-state index in [4.69, 9.17) is 10.5 Å². The van der Waals surface area contributed by atoms with Crippen molar-refractivity contribution in [2.24, 2.45) is 5.73 Å². The first-order chi connectivity index (χ1) is 5.86. The van der Waals surface area contributed by atoms with Crippen molar-refractivity contribution in [3.8, 4) is 5.75 Å². The van der Waals surface area contributed by atoms with Gasteiger partial charge in [0, 0.05) is 11.9 Å². The standard InChI is InChI=1S/C9H12BrNO/c10-7-8-2-1-3-9(6-8)12-5-4-11/h1-3,6H,4-5,7,11H2. The van der Waals surface area contributed by atoms with Gasteiger partial charge in [-0.1, -0.05) is 28.1 Å². The molecule has 0 radical (unpaired) electrons. The Labute approximate surface area is 80.8 Å². The number of rotatable bonds is 4. The van der Waals surface area contributed by atoms with Crippen molar-refractivity contribution in [2.75, 3.05) is 13.2 Å². The molecule has 0 aromatic heterocycles. The molecule has 0 saturated carbocycles. The summed E-state index contributed by atoms with van der Waals surface area (Å²) in [6, 6.07) is 7.96. The summed E-state index contributed by atoms with van der Waals surface area (Å²) < 4.78 is 5.35. The monoisotopic (exact) mass is 229 g/mol. The van der Waals surface area contributed by atoms with Gasteiger partial charge in [0.05, 0.1) is 0 Å². The lowest BCUT2D eigenvalue weighted by Crippen LogP contribution is -2.10. The molecule has 0 bridgehead atoms. The fourth-order valence-corrected chi connectivity index (χ4v) is 1.24. The molecule has 0 heterocycles. The van der Waals surface area contributed by atoms with Gasteiger partial charge in [0.1, 0.15) is 12.4 Å². The van der Waals surface area contributed by atoms with Crippen LogP contribution in [0.25, 0.3) is 0 Å². The molecule has 0 fully saturated rings. The van der Waals surface area contributed by atoms with Gasteiger partial charge in [-0.05, 0) is 17.7 Å². The topological polar surface area (TPSA) is 35.2 Å². The Balaban J connectivity index is 2.60. The van der Waals surface area contributed by atoms with Crippen LogP contribution in [-0.2, 0) is 5.33 Å². The second-order valence-corrected chi connectivity index (χ2v) is 2.98. The predicted octanol–water partition coefficient (Wildman–Crippen LogP) is 1.92. The van der Waals surface area contributed by atoms with Crippen LogP contribution in [0.3, 0.4) is 0 Å². The third-order valence-electron chi connectivity index (χ3n) is 1.44. The third kappa shape index (κ3) is 2.83. The van der Waals surface area contributed by atoms with Crippen LogP contribution in [0.4, 0.5) is 0 Å². The maximum atomic E-state index is 5.35. The zero-order chi connectivity index (χ0) is 8.81. The van der Waals surface area contributed by atoms with E-state index in [0.29, 0.717) is 13.2 Å². The molecule has 0 unspecified atom stereocenters. The maximum Gasteiger partial charge on any atom is 0.119 e. The molecule has 66 valence electrons. The van der Waals surface area contributed by atoms with E-state index < -0.39 is 0 Å². The summed E-state index contributed by atoms with van der Waals surface area (Å²) in [6.07, 6.45) is 0. The molecule has 0 aliphatic carbocycles. The summed E-state index contributed by atoms with van der Waals surface area (Å²) in [4.78, 5) is 0. The highest BCUT2D eigenvalue weighted by atomic mass is 79.9. The van der Waals surface area contributed by atoms with Gasteiger partial charge in [-0.25, -0.2) is 0 Å². The van der Waals surface area contributed by atoms with Crippen molar-refractivity contribution in [3.05, 3.63) is 29.8 Å². The maximum absolute atomic E-state index is 5.35. The average molecular weight is 230 g/mol. The molecule has 0 spiro atoms. The number of alkyl halides is 1. The molecule has 2 N–H and O–H groups in total. The van der Waals surface area contributed by atoms with Crippen molar-refractivity contribution < 1.29 is 4.74 Å². The minimum atomic E-state index is 0.554. The fourth-order valence-electron chi connectivity index (χ4n) is 0.895. The predicted molar refractivity (Wildman–Crippen MR) is 53.6 cm³/mol. The van der Waals surface area contributed by atoms with E-state index in [2.05, 4.69) is 15.9 Å². The Kier molecular flexibility index (Phi) is 4.11. The molecule has 0 amide bonds. The van der Waals surface area contributed by atoms with Gasteiger partial charge < -0.3 is 10.5 Å². The van der Waals surface area contributed by atoms with Crippen LogP contribution in [0, 0.1) is 0 Å². The zero-order valence-electron chi connectivity index (χ0n) is 6.79. The van der Waals surface area contributed by atoms with Gasteiger partial charge in [-0.2, -0.15) is 0 Å². The van der Waals surface area contributed by atoms with Gasteiger partial charge in [0.15, 0.2) is 0 Å². The van der Waals surface area contributed by atoms with Gasteiger partial charge in [0.25, 0.3) is 0 Å². The summed E-state index contributed by atoms with van der Waals surface area (Å²) in [6.45, 7) is 1.13. The first-order valence-corrected chi connectivity index (χ1v) is 4.96. The van der Waals surface area contributed by atoms with Crippen LogP contribution >= 0.6 is 15.9 Å². The molecular formula is C9H12BrNO. The van der Waals surface area contributed by atoms with E-state index in [1.807, 2.05) is 24.3 Å². The second kappa shape index (κ2) is 5.17. The Morgan fingerprint density at radius 3 is 2.92 bits per heavy atom. The van der Waals surface area contributed by atoms with Crippen molar-refractivity contribution >= 4 is 15.9 Å². The van der Waals surface area contributed by atoms with Crippen molar-refractivity contribution in [3.63, 3.8) is 0 Å². The molecule has 0 saturated heterocycles. The number of ether oxygens (including phenoxy) is 1. The zero-order valence-corrected chi connectivity index (χ0v) is 8.38. The lowest BCUT2D eigenvalue weighted by molar-refractivity contribution is 0.328. The lowest BCUT2D eigenvalue weighted by atomic mass is 10.2. The number of nitrogens with two attached hydrogens (primary N) is 1. The molecule has 0 aliphatic rings. The number of benzene rings is 1. The van der Waals surface area contributed by atoms with Crippen LogP contribution in [0.5, 0.6) is 5.75 Å². The average Bonchev–Trinajstić information content (AvgIpc) is 2.15. The van der Waals surface area contributed by atoms with Crippen LogP contribution in [-0.4, -0.2) is 13.2 Å². The SMILES string of the molecule is NCCOc1cccc(CBr)c1. The molecule has 1 aromatic rings. The first-order valence-electron chi connectivity index (χ1n) is 3.84. The lowest BCUT2D eigenvalue weighted by Gasteiger charge is -2.04. The Bertz CT molecular complexity index is 240. The highest BCUT2D eigenvalue weighted by Crippen LogP contribution is 2.14. The molecule has 1 aromatic carbocycles. The van der Waals surface area contributed by atoms with E-state index in [0.717, 1.165) is 11.1 Å². The molecule has 0 aliphatic heterocycles. The minimum Gasteiger partial charge on any atom is -0.492 e. The molecule has 2 nitrogen and oxygen atoms in total. The van der Waals surface area contributed by atoms with Gasteiger partial charge in [-0.3, -0.25) is 0 Å². The number of halogens is 1. The first kappa shape index (κ1) is 9.55. The second-order valence-electron chi connectivity index (χ2n) is 2.42. The Morgan fingerprint density at radius 2 is 2.25 bits per heavy atom. The largest absolute Gasteiger partial charge is 0.492 e. The Morgan fingerprint density at radius 1 is 1.42 bits per heavy atom. The number of hydrogen-bond acceptors (Lipinski definition) is 2. The molecule has 12 heavy (non-hydrogen) atoms. The normalized spacial score (nSPS) is 9.83. The summed E-state index contributed by atoms with van der Waals surface area (Å²) >= 11 is 3.38. The Hall–Kier alpha value is -0.540. The van der Waals surface area contributed by atoms with E-state index in [1.54, 1.807) is 0 Å². The minimum absolute atomic E-state index is 0.554. The van der Waals surface area contributed by atoms with Crippen LogP contribution < -0.4 is 10.5 Å². The van der Waals surface area contributed by atoms with E-state index in [9.17, 15) is 0 Å². The molecule has 1 rings (SSSR count). The summed E-state index contributed by atoms with van der Waals surface area (Å²) in [5, 5.41) is 0.854. The smallest absolute Gasteiger partial charge is 0.119 e. The van der Waals surface area contributed by atoms with E-state index in [1.165, 1.54) is 5.56 Å². The van der Waals surface area contributed by atoms with Crippen molar-refractivity contribution in [2.45, 2.75) is 5.33 Å². The van der Waals surface area contributed by atoms with E-state index in [-0.39, 0.29) is 0 Å². The van der Waals surface area contributed by atoms with Gasteiger partial charge >= 0.3 is 0 Å². The van der Waals surface area contributed by atoms with Crippen LogP contribution in [0.2, 0.25) is 0 Å². The van der Waals surface area contributed by atoms with Crippen LogP contribution in [0.1, 0.15) is 5.56 Å². The molecule has 3 heteroatoms. The van der Waals surface area contributed by atoms with Crippen LogP contribution in [0.15, 0.2) is 24.3 Å². The summed E-state index contributed by atoms with van der Waals surface area (Å²) in [5.41, 5.74) is 6.53. The molecular weight excluding hydrogens is 218 g/mol.